The Balaban J connectivity index is 1.43. The van der Waals surface area contributed by atoms with E-state index in [1.54, 1.807) is 25.6 Å². The van der Waals surface area contributed by atoms with Gasteiger partial charge in [0, 0.05) is 17.3 Å². The molecule has 1 saturated carbocycles. The highest BCUT2D eigenvalue weighted by molar-refractivity contribution is 7.10. The minimum Gasteiger partial charge on any atom is -0.493 e. The Morgan fingerprint density at radius 1 is 1.06 bits per heavy atom. The summed E-state index contributed by atoms with van der Waals surface area (Å²) < 4.78 is 49.7. The number of alkyl halides is 3. The summed E-state index contributed by atoms with van der Waals surface area (Å²) in [6, 6.07) is 12.9. The van der Waals surface area contributed by atoms with E-state index in [-0.39, 0.29) is 23.8 Å². The van der Waals surface area contributed by atoms with Crippen LogP contribution in [0.4, 0.5) is 13.2 Å². The van der Waals surface area contributed by atoms with Crippen LogP contribution in [0.5, 0.6) is 11.5 Å². The highest BCUT2D eigenvalue weighted by Gasteiger charge is 2.48. The molecular formula is C26H24F3NO3S. The number of hydrogen-bond acceptors (Lipinski definition) is 4. The van der Waals surface area contributed by atoms with Crippen molar-refractivity contribution in [1.29, 1.82) is 0 Å². The highest BCUT2D eigenvalue weighted by Crippen LogP contribution is 2.51. The molecule has 4 nitrogen and oxygen atoms in total. The second kappa shape index (κ2) is 8.65. The highest BCUT2D eigenvalue weighted by atomic mass is 32.1. The van der Waals surface area contributed by atoms with Gasteiger partial charge in [0.05, 0.1) is 25.8 Å². The lowest BCUT2D eigenvalue weighted by Gasteiger charge is -2.37. The van der Waals surface area contributed by atoms with Crippen LogP contribution in [-0.4, -0.2) is 31.6 Å². The minimum absolute atomic E-state index is 0.0451. The fourth-order valence-electron chi connectivity index (χ4n) is 4.91. The molecule has 1 aliphatic heterocycles. The summed E-state index contributed by atoms with van der Waals surface area (Å²) in [6.07, 6.45) is -3.02. The van der Waals surface area contributed by atoms with Crippen LogP contribution in [0, 0.1) is 5.92 Å². The smallest absolute Gasteiger partial charge is 0.416 e. The van der Waals surface area contributed by atoms with Crippen molar-refractivity contribution in [1.82, 2.24) is 4.90 Å². The fourth-order valence-corrected chi connectivity index (χ4v) is 5.76. The van der Waals surface area contributed by atoms with Crippen LogP contribution in [0.1, 0.15) is 45.5 Å². The number of fused-ring (bicyclic) bond motifs is 1. The van der Waals surface area contributed by atoms with E-state index in [1.807, 2.05) is 34.5 Å². The molecule has 0 saturated heterocycles. The first kappa shape index (κ1) is 22.8. The molecule has 2 aromatic carbocycles. The molecule has 8 heteroatoms. The van der Waals surface area contributed by atoms with Crippen molar-refractivity contribution in [2.24, 2.45) is 5.92 Å². The second-order valence-electron chi connectivity index (χ2n) is 8.67. The summed E-state index contributed by atoms with van der Waals surface area (Å²) in [7, 11) is 3.20. The monoisotopic (exact) mass is 487 g/mol. The Morgan fingerprint density at radius 3 is 2.38 bits per heavy atom. The van der Waals surface area contributed by atoms with Gasteiger partial charge in [0.15, 0.2) is 11.5 Å². The van der Waals surface area contributed by atoms with Crippen LogP contribution < -0.4 is 9.47 Å². The normalized spacial score (nSPS) is 21.7. The molecule has 1 aliphatic carbocycles. The zero-order valence-corrected chi connectivity index (χ0v) is 19.6. The Morgan fingerprint density at radius 2 is 1.76 bits per heavy atom. The summed E-state index contributed by atoms with van der Waals surface area (Å²) in [5.74, 6) is 1.05. The van der Waals surface area contributed by atoms with Crippen molar-refractivity contribution in [3.8, 4) is 11.5 Å². The number of ether oxygens (including phenoxy) is 2. The Kier molecular flexibility index (Phi) is 5.80. The van der Waals surface area contributed by atoms with Crippen LogP contribution in [0.15, 0.2) is 53.9 Å². The van der Waals surface area contributed by atoms with Crippen LogP contribution in [0.25, 0.3) is 0 Å². The average molecular weight is 488 g/mol. The van der Waals surface area contributed by atoms with E-state index in [1.165, 1.54) is 12.1 Å². The lowest BCUT2D eigenvalue weighted by molar-refractivity contribution is -0.137. The van der Waals surface area contributed by atoms with Gasteiger partial charge in [0.25, 0.3) is 0 Å². The molecule has 178 valence electrons. The number of rotatable bonds is 5. The third kappa shape index (κ3) is 4.04. The molecule has 34 heavy (non-hydrogen) atoms. The molecule has 0 N–H and O–H groups in total. The van der Waals surface area contributed by atoms with Crippen molar-refractivity contribution >= 4 is 17.2 Å². The zero-order chi connectivity index (χ0) is 24.0. The standard InChI is InChI=1S/C26H24F3NO3S/c1-32-21-12-16-9-10-30(24(23-4-3-11-34-23)19(16)14-22(21)33-2)25(31)20-13-18(20)15-5-7-17(8-6-15)26(27,28)29/h3-8,11-12,14,18,20,24H,9-10,13H2,1-2H3/t18-,20-,24-/m1/s1. The van der Waals surface area contributed by atoms with Crippen LogP contribution in [0.2, 0.25) is 0 Å². The van der Waals surface area contributed by atoms with Gasteiger partial charge in [-0.2, -0.15) is 13.2 Å². The first-order valence-corrected chi connectivity index (χ1v) is 12.0. The number of halogens is 3. The number of nitrogens with zero attached hydrogens (tertiary/aromatic N) is 1. The fraction of sp³-hybridized carbons (Fsp3) is 0.346. The van der Waals surface area contributed by atoms with Gasteiger partial charge in [0.1, 0.15) is 0 Å². The van der Waals surface area contributed by atoms with E-state index in [9.17, 15) is 18.0 Å². The number of hydrogen-bond donors (Lipinski definition) is 0. The third-order valence-electron chi connectivity index (χ3n) is 6.74. The van der Waals surface area contributed by atoms with Gasteiger partial charge in [-0.15, -0.1) is 11.3 Å². The quantitative estimate of drug-likeness (QED) is 0.439. The first-order valence-electron chi connectivity index (χ1n) is 11.1. The van der Waals surface area contributed by atoms with Crippen LogP contribution >= 0.6 is 11.3 Å². The van der Waals surface area contributed by atoms with E-state index in [0.717, 1.165) is 33.7 Å². The van der Waals surface area contributed by atoms with Crippen molar-refractivity contribution in [2.75, 3.05) is 20.8 Å². The van der Waals surface area contributed by atoms with E-state index < -0.39 is 11.7 Å². The Bertz CT molecular complexity index is 1190. The van der Waals surface area contributed by atoms with Crippen molar-refractivity contribution in [3.05, 3.63) is 81.0 Å². The van der Waals surface area contributed by atoms with Gasteiger partial charge in [-0.25, -0.2) is 0 Å². The molecule has 2 aliphatic rings. The van der Waals surface area contributed by atoms with E-state index >= 15 is 0 Å². The molecule has 1 aromatic heterocycles. The maximum atomic E-state index is 13.7. The molecule has 1 fully saturated rings. The number of benzene rings is 2. The lowest BCUT2D eigenvalue weighted by Crippen LogP contribution is -2.41. The molecule has 3 atom stereocenters. The lowest BCUT2D eigenvalue weighted by atomic mass is 9.90. The van der Waals surface area contributed by atoms with Gasteiger partial charge < -0.3 is 14.4 Å². The molecule has 0 unspecified atom stereocenters. The Hall–Kier alpha value is -3.00. The molecule has 0 radical (unpaired) electrons. The van der Waals surface area contributed by atoms with Gasteiger partial charge in [-0.05, 0) is 71.2 Å². The molecule has 5 rings (SSSR count). The number of amides is 1. The maximum absolute atomic E-state index is 13.7. The van der Waals surface area contributed by atoms with E-state index in [0.29, 0.717) is 30.9 Å². The third-order valence-corrected chi connectivity index (χ3v) is 7.67. The zero-order valence-electron chi connectivity index (χ0n) is 18.8. The van der Waals surface area contributed by atoms with Gasteiger partial charge in [0.2, 0.25) is 5.91 Å². The van der Waals surface area contributed by atoms with E-state index in [4.69, 9.17) is 9.47 Å². The maximum Gasteiger partial charge on any atom is 0.416 e. The predicted octanol–water partition coefficient (Wildman–Crippen LogP) is 6.06. The van der Waals surface area contributed by atoms with Crippen molar-refractivity contribution < 1.29 is 27.4 Å². The predicted molar refractivity (Wildman–Crippen MR) is 123 cm³/mol. The number of methoxy groups -OCH3 is 2. The topological polar surface area (TPSA) is 38.8 Å². The molecule has 2 heterocycles. The number of carbonyl (C=O) groups excluding carboxylic acids is 1. The summed E-state index contributed by atoms with van der Waals surface area (Å²) in [5.41, 5.74) is 2.25. The van der Waals surface area contributed by atoms with Gasteiger partial charge in [-0.3, -0.25) is 4.79 Å². The minimum atomic E-state index is -4.36. The summed E-state index contributed by atoms with van der Waals surface area (Å²) in [6.45, 7) is 0.570. The first-order chi connectivity index (χ1) is 16.3. The molecular weight excluding hydrogens is 463 g/mol. The SMILES string of the molecule is COc1cc2c(cc1OC)[C@H](c1cccs1)N(C(=O)[C@@H]1C[C@@H]1c1ccc(C(F)(F)F)cc1)CC2. The van der Waals surface area contributed by atoms with Crippen molar-refractivity contribution in [3.63, 3.8) is 0 Å². The molecule has 0 spiro atoms. The molecule has 0 bridgehead atoms. The van der Waals surface area contributed by atoms with Crippen LogP contribution in [0.3, 0.4) is 0 Å². The summed E-state index contributed by atoms with van der Waals surface area (Å²) in [4.78, 5) is 16.6. The van der Waals surface area contributed by atoms with E-state index in [2.05, 4.69) is 0 Å². The Labute approximate surface area is 199 Å². The van der Waals surface area contributed by atoms with Crippen LogP contribution in [-0.2, 0) is 17.4 Å². The molecule has 3 aromatic rings. The van der Waals surface area contributed by atoms with Gasteiger partial charge in [-0.1, -0.05) is 18.2 Å². The molecule has 1 amide bonds. The van der Waals surface area contributed by atoms with Crippen molar-refractivity contribution in [2.45, 2.75) is 31.0 Å². The summed E-state index contributed by atoms with van der Waals surface area (Å²) in [5, 5.41) is 2.00. The average Bonchev–Trinajstić information content (AvgIpc) is 3.46. The number of carbonyl (C=O) groups is 1. The second-order valence-corrected chi connectivity index (χ2v) is 9.65. The summed E-state index contributed by atoms with van der Waals surface area (Å²) >= 11 is 1.60. The van der Waals surface area contributed by atoms with Gasteiger partial charge >= 0.3 is 6.18 Å². The number of thiophene rings is 1. The largest absolute Gasteiger partial charge is 0.493 e.